The van der Waals surface area contributed by atoms with Crippen LogP contribution < -0.4 is 5.32 Å². The first kappa shape index (κ1) is 14.6. The molecule has 0 aromatic heterocycles. The lowest BCUT2D eigenvalue weighted by molar-refractivity contribution is 0.348. The lowest BCUT2D eigenvalue weighted by Gasteiger charge is -2.17. The topological polar surface area (TPSA) is 15.3 Å². The Kier molecular flexibility index (Phi) is 4.94. The van der Waals surface area contributed by atoms with Gasteiger partial charge in [-0.15, -0.1) is 0 Å². The summed E-state index contributed by atoms with van der Waals surface area (Å²) in [5, 5.41) is 3.49. The van der Waals surface area contributed by atoms with E-state index in [2.05, 4.69) is 80.7 Å². The fourth-order valence-corrected chi connectivity index (χ4v) is 3.22. The molecule has 1 aliphatic heterocycles. The number of benzene rings is 2. The minimum atomic E-state index is 0.707. The van der Waals surface area contributed by atoms with Crippen LogP contribution in [0.25, 0.3) is 0 Å². The zero-order valence-electron chi connectivity index (χ0n) is 12.1. The maximum atomic E-state index is 3.49. The van der Waals surface area contributed by atoms with Crippen molar-refractivity contribution in [1.29, 1.82) is 0 Å². The van der Waals surface area contributed by atoms with E-state index in [0.29, 0.717) is 5.92 Å². The Bertz CT molecular complexity index is 553. The third kappa shape index (κ3) is 4.08. The van der Waals surface area contributed by atoms with Gasteiger partial charge in [-0.1, -0.05) is 46.3 Å². The standard InChI is InChI=1S/C18H21BrN2/c19-17-6-8-18(9-7-17)20-11-13-21-12-10-16(14-21)15-4-2-1-3-5-15/h1-9,16,20H,10-14H2. The molecule has 3 rings (SSSR count). The van der Waals surface area contributed by atoms with Crippen molar-refractivity contribution in [3.63, 3.8) is 0 Å². The second kappa shape index (κ2) is 7.10. The van der Waals surface area contributed by atoms with Crippen molar-refractivity contribution in [2.45, 2.75) is 12.3 Å². The smallest absolute Gasteiger partial charge is 0.0341 e. The van der Waals surface area contributed by atoms with E-state index in [4.69, 9.17) is 0 Å². The summed E-state index contributed by atoms with van der Waals surface area (Å²) in [5.41, 5.74) is 2.68. The molecule has 1 unspecified atom stereocenters. The predicted octanol–water partition coefficient (Wildman–Crippen LogP) is 4.35. The highest BCUT2D eigenvalue weighted by molar-refractivity contribution is 9.10. The summed E-state index contributed by atoms with van der Waals surface area (Å²) < 4.78 is 1.12. The SMILES string of the molecule is Brc1ccc(NCCN2CCC(c3ccccc3)C2)cc1. The lowest BCUT2D eigenvalue weighted by atomic mass is 9.99. The maximum Gasteiger partial charge on any atom is 0.0341 e. The molecular weight excluding hydrogens is 324 g/mol. The summed E-state index contributed by atoms with van der Waals surface area (Å²) in [5.74, 6) is 0.707. The van der Waals surface area contributed by atoms with Gasteiger partial charge in [-0.3, -0.25) is 0 Å². The quantitative estimate of drug-likeness (QED) is 0.867. The first-order valence-electron chi connectivity index (χ1n) is 7.58. The Morgan fingerprint density at radius 1 is 1.05 bits per heavy atom. The Morgan fingerprint density at radius 3 is 2.57 bits per heavy atom. The summed E-state index contributed by atoms with van der Waals surface area (Å²) in [7, 11) is 0. The number of nitrogens with zero attached hydrogens (tertiary/aromatic N) is 1. The molecule has 1 saturated heterocycles. The molecule has 1 fully saturated rings. The highest BCUT2D eigenvalue weighted by atomic mass is 79.9. The van der Waals surface area contributed by atoms with Crippen molar-refractivity contribution in [2.75, 3.05) is 31.5 Å². The highest BCUT2D eigenvalue weighted by Crippen LogP contribution is 2.26. The largest absolute Gasteiger partial charge is 0.384 e. The van der Waals surface area contributed by atoms with Crippen LogP contribution in [-0.2, 0) is 0 Å². The van der Waals surface area contributed by atoms with E-state index in [1.54, 1.807) is 0 Å². The maximum absolute atomic E-state index is 3.49. The molecule has 21 heavy (non-hydrogen) atoms. The number of nitrogens with one attached hydrogen (secondary N) is 1. The van der Waals surface area contributed by atoms with Gasteiger partial charge in [0.25, 0.3) is 0 Å². The summed E-state index contributed by atoms with van der Waals surface area (Å²) in [6.07, 6.45) is 1.28. The van der Waals surface area contributed by atoms with E-state index in [0.717, 1.165) is 17.6 Å². The highest BCUT2D eigenvalue weighted by Gasteiger charge is 2.22. The van der Waals surface area contributed by atoms with Crippen molar-refractivity contribution < 1.29 is 0 Å². The molecule has 2 nitrogen and oxygen atoms in total. The number of rotatable bonds is 5. The molecule has 0 radical (unpaired) electrons. The lowest BCUT2D eigenvalue weighted by Crippen LogP contribution is -2.26. The fourth-order valence-electron chi connectivity index (χ4n) is 2.96. The first-order valence-corrected chi connectivity index (χ1v) is 8.37. The van der Waals surface area contributed by atoms with Gasteiger partial charge < -0.3 is 10.2 Å². The van der Waals surface area contributed by atoms with Crippen LogP contribution in [0.1, 0.15) is 17.9 Å². The Labute approximate surface area is 135 Å². The van der Waals surface area contributed by atoms with E-state index >= 15 is 0 Å². The normalized spacial score (nSPS) is 18.8. The molecule has 0 aliphatic carbocycles. The summed E-state index contributed by atoms with van der Waals surface area (Å²) in [4.78, 5) is 2.56. The zero-order valence-corrected chi connectivity index (χ0v) is 13.7. The van der Waals surface area contributed by atoms with Gasteiger partial charge in [-0.25, -0.2) is 0 Å². The van der Waals surface area contributed by atoms with E-state index in [1.165, 1.54) is 30.8 Å². The van der Waals surface area contributed by atoms with E-state index in [1.807, 2.05) is 0 Å². The summed E-state index contributed by atoms with van der Waals surface area (Å²) in [6.45, 7) is 4.51. The van der Waals surface area contributed by atoms with Crippen LogP contribution in [0.4, 0.5) is 5.69 Å². The number of hydrogen-bond donors (Lipinski definition) is 1. The monoisotopic (exact) mass is 344 g/mol. The molecule has 1 aliphatic rings. The van der Waals surface area contributed by atoms with Crippen LogP contribution in [0.5, 0.6) is 0 Å². The summed E-state index contributed by atoms with van der Waals surface area (Å²) in [6, 6.07) is 19.3. The minimum Gasteiger partial charge on any atom is -0.384 e. The van der Waals surface area contributed by atoms with E-state index in [-0.39, 0.29) is 0 Å². The van der Waals surface area contributed by atoms with Crippen molar-refractivity contribution in [1.82, 2.24) is 4.90 Å². The number of hydrogen-bond acceptors (Lipinski definition) is 2. The van der Waals surface area contributed by atoms with Crippen LogP contribution in [0, 0.1) is 0 Å². The van der Waals surface area contributed by atoms with Crippen LogP contribution >= 0.6 is 15.9 Å². The van der Waals surface area contributed by atoms with Crippen molar-refractivity contribution in [3.05, 3.63) is 64.6 Å². The third-order valence-electron chi connectivity index (χ3n) is 4.14. The Morgan fingerprint density at radius 2 is 1.81 bits per heavy atom. The van der Waals surface area contributed by atoms with Gasteiger partial charge in [0, 0.05) is 29.8 Å². The molecule has 1 N–H and O–H groups in total. The average Bonchev–Trinajstić information content (AvgIpc) is 2.99. The molecular formula is C18H21BrN2. The number of likely N-dealkylation sites (tertiary alicyclic amines) is 1. The molecule has 2 aromatic carbocycles. The third-order valence-corrected chi connectivity index (χ3v) is 4.67. The summed E-state index contributed by atoms with van der Waals surface area (Å²) >= 11 is 3.46. The molecule has 0 saturated carbocycles. The second-order valence-electron chi connectivity index (χ2n) is 5.63. The number of halogens is 1. The van der Waals surface area contributed by atoms with E-state index < -0.39 is 0 Å². The van der Waals surface area contributed by atoms with Crippen molar-refractivity contribution in [3.8, 4) is 0 Å². The second-order valence-corrected chi connectivity index (χ2v) is 6.55. The molecule has 2 aromatic rings. The van der Waals surface area contributed by atoms with Crippen molar-refractivity contribution >= 4 is 21.6 Å². The molecule has 1 heterocycles. The zero-order chi connectivity index (χ0) is 14.5. The molecule has 0 bridgehead atoms. The van der Waals surface area contributed by atoms with Gasteiger partial charge in [0.1, 0.15) is 0 Å². The predicted molar refractivity (Wildman–Crippen MR) is 92.9 cm³/mol. The van der Waals surface area contributed by atoms with Gasteiger partial charge in [-0.05, 0) is 48.7 Å². The molecule has 110 valence electrons. The van der Waals surface area contributed by atoms with Crippen LogP contribution in [0.15, 0.2) is 59.1 Å². The fraction of sp³-hybridized carbons (Fsp3) is 0.333. The van der Waals surface area contributed by atoms with Gasteiger partial charge in [0.15, 0.2) is 0 Å². The van der Waals surface area contributed by atoms with Crippen LogP contribution in [0.3, 0.4) is 0 Å². The Hall–Kier alpha value is -1.32. The van der Waals surface area contributed by atoms with Crippen LogP contribution in [0.2, 0.25) is 0 Å². The van der Waals surface area contributed by atoms with Gasteiger partial charge in [-0.2, -0.15) is 0 Å². The molecule has 0 amide bonds. The minimum absolute atomic E-state index is 0.707. The average molecular weight is 345 g/mol. The molecule has 3 heteroatoms. The number of anilines is 1. The molecule has 1 atom stereocenters. The van der Waals surface area contributed by atoms with Gasteiger partial charge in [0.05, 0.1) is 0 Å². The first-order chi connectivity index (χ1) is 10.3. The van der Waals surface area contributed by atoms with Crippen molar-refractivity contribution in [2.24, 2.45) is 0 Å². The molecule has 0 spiro atoms. The van der Waals surface area contributed by atoms with E-state index in [9.17, 15) is 0 Å². The van der Waals surface area contributed by atoms with Gasteiger partial charge >= 0.3 is 0 Å². The van der Waals surface area contributed by atoms with Crippen LogP contribution in [-0.4, -0.2) is 31.1 Å². The Balaban J connectivity index is 1.44. The van der Waals surface area contributed by atoms with Gasteiger partial charge in [0.2, 0.25) is 0 Å².